The molecule has 1 aromatic heterocycles. The molecule has 2 aromatic rings. The maximum Gasteiger partial charge on any atom is 0.339 e. The molecular weight excluding hydrogens is 400 g/mol. The third kappa shape index (κ3) is 4.98. The van der Waals surface area contributed by atoms with Gasteiger partial charge in [0.15, 0.2) is 0 Å². The zero-order valence-corrected chi connectivity index (χ0v) is 18.0. The Morgan fingerprint density at radius 3 is 2.39 bits per heavy atom. The number of hydroxylamine groups is 2. The minimum Gasteiger partial charge on any atom is -0.507 e. The number of rotatable bonds is 5. The third-order valence-electron chi connectivity index (χ3n) is 5.48. The quantitative estimate of drug-likeness (QED) is 0.623. The Morgan fingerprint density at radius 2 is 1.77 bits per heavy atom. The van der Waals surface area contributed by atoms with Gasteiger partial charge in [-0.25, -0.2) is 4.79 Å². The Kier molecular flexibility index (Phi) is 5.98. The van der Waals surface area contributed by atoms with E-state index in [9.17, 15) is 19.9 Å². The second-order valence-electron chi connectivity index (χ2n) is 9.11. The number of carbonyl (C=O) groups excluding carboxylic acids is 1. The van der Waals surface area contributed by atoms with Crippen molar-refractivity contribution in [2.75, 3.05) is 0 Å². The predicted molar refractivity (Wildman–Crippen MR) is 114 cm³/mol. The number of benzene rings is 1. The molecule has 0 aliphatic carbocycles. The Hall–Kier alpha value is -3.10. The first-order chi connectivity index (χ1) is 14.4. The van der Waals surface area contributed by atoms with Crippen molar-refractivity contribution >= 4 is 18.0 Å². The number of carbonyl (C=O) groups is 2. The fourth-order valence-corrected chi connectivity index (χ4v) is 4.23. The van der Waals surface area contributed by atoms with Gasteiger partial charge in [-0.2, -0.15) is 0 Å². The molecule has 1 amide bonds. The summed E-state index contributed by atoms with van der Waals surface area (Å²) in [4.78, 5) is 23.6. The molecule has 0 spiro atoms. The van der Waals surface area contributed by atoms with Crippen LogP contribution in [0, 0.1) is 0 Å². The molecule has 0 unspecified atom stereocenters. The third-order valence-corrected chi connectivity index (χ3v) is 5.48. The van der Waals surface area contributed by atoms with E-state index in [2.05, 4.69) is 5.32 Å². The first-order valence-corrected chi connectivity index (χ1v) is 10.0. The highest BCUT2D eigenvalue weighted by Crippen LogP contribution is 2.37. The van der Waals surface area contributed by atoms with E-state index < -0.39 is 17.0 Å². The first kappa shape index (κ1) is 22.6. The van der Waals surface area contributed by atoms with Crippen molar-refractivity contribution in [3.05, 3.63) is 47.7 Å². The van der Waals surface area contributed by atoms with Crippen LogP contribution in [0.1, 0.15) is 56.7 Å². The number of amides is 1. The number of hydrogen-bond acceptors (Lipinski definition) is 5. The van der Waals surface area contributed by atoms with Crippen LogP contribution in [0.15, 0.2) is 40.8 Å². The summed E-state index contributed by atoms with van der Waals surface area (Å²) in [5.41, 5.74) is -0.871. The van der Waals surface area contributed by atoms with Crippen molar-refractivity contribution in [3.63, 3.8) is 0 Å². The summed E-state index contributed by atoms with van der Waals surface area (Å²) in [5, 5.41) is 35.3. The van der Waals surface area contributed by atoms with E-state index in [1.165, 1.54) is 24.3 Å². The van der Waals surface area contributed by atoms with Crippen LogP contribution in [0.3, 0.4) is 0 Å². The van der Waals surface area contributed by atoms with E-state index in [0.717, 1.165) is 5.06 Å². The van der Waals surface area contributed by atoms with Gasteiger partial charge in [0.2, 0.25) is 5.91 Å². The van der Waals surface area contributed by atoms with Crippen molar-refractivity contribution < 1.29 is 29.4 Å². The largest absolute Gasteiger partial charge is 0.507 e. The molecule has 1 aliphatic rings. The van der Waals surface area contributed by atoms with Gasteiger partial charge in [0, 0.05) is 28.8 Å². The van der Waals surface area contributed by atoms with Gasteiger partial charge < -0.3 is 19.9 Å². The van der Waals surface area contributed by atoms with E-state index in [4.69, 9.17) is 9.52 Å². The Morgan fingerprint density at radius 1 is 1.13 bits per heavy atom. The number of carboxylic acid groups (broad SMARTS) is 1. The van der Waals surface area contributed by atoms with Crippen LogP contribution >= 0.6 is 0 Å². The average Bonchev–Trinajstić information content (AvgIpc) is 3.13. The number of furan rings is 1. The molecule has 3 N–H and O–H groups in total. The second kappa shape index (κ2) is 8.20. The Balaban J connectivity index is 1.67. The van der Waals surface area contributed by atoms with Crippen LogP contribution in [-0.2, 0) is 10.0 Å². The highest BCUT2D eigenvalue weighted by molar-refractivity contribution is 5.93. The molecule has 8 nitrogen and oxygen atoms in total. The summed E-state index contributed by atoms with van der Waals surface area (Å²) in [6, 6.07) is 7.36. The summed E-state index contributed by atoms with van der Waals surface area (Å²) in [6.45, 7) is 7.50. The van der Waals surface area contributed by atoms with Crippen molar-refractivity contribution in [3.8, 4) is 17.1 Å². The number of phenols is 1. The van der Waals surface area contributed by atoms with E-state index in [0.29, 0.717) is 29.9 Å². The van der Waals surface area contributed by atoms with Crippen molar-refractivity contribution in [2.24, 2.45) is 0 Å². The van der Waals surface area contributed by atoms with Crippen molar-refractivity contribution in [1.82, 2.24) is 10.4 Å². The molecule has 0 atom stereocenters. The minimum absolute atomic E-state index is 0.119. The molecule has 2 heterocycles. The molecule has 31 heavy (non-hydrogen) atoms. The van der Waals surface area contributed by atoms with E-state index in [1.807, 2.05) is 27.7 Å². The number of piperidine rings is 1. The van der Waals surface area contributed by atoms with Gasteiger partial charge in [0.25, 0.3) is 0 Å². The number of aromatic hydroxyl groups is 1. The van der Waals surface area contributed by atoms with Crippen LogP contribution in [0.2, 0.25) is 0 Å². The summed E-state index contributed by atoms with van der Waals surface area (Å²) >= 11 is 0. The van der Waals surface area contributed by atoms with Gasteiger partial charge in [-0.05, 0) is 76.9 Å². The molecule has 0 saturated carbocycles. The lowest BCUT2D eigenvalue weighted by Gasteiger charge is -2.49. The molecule has 0 bridgehead atoms. The summed E-state index contributed by atoms with van der Waals surface area (Å²) < 4.78 is 5.68. The molecule has 1 aromatic carbocycles. The molecule has 1 fully saturated rings. The molecule has 8 heteroatoms. The number of carboxylic acids is 1. The van der Waals surface area contributed by atoms with Crippen LogP contribution in [0.25, 0.3) is 17.4 Å². The minimum atomic E-state index is -1.24. The van der Waals surface area contributed by atoms with Gasteiger partial charge in [-0.3, -0.25) is 4.79 Å². The summed E-state index contributed by atoms with van der Waals surface area (Å²) in [7, 11) is 0. The standard InChI is InChI=1S/C23H27N2O6/c1-22(2)12-15(13-23(3,4)25(22)30)24-20(27)10-7-16-6-9-19(31-16)14-5-8-18(26)17(11-14)21(28)29/h5-11,15,26H,12-13H2,1-4H3,(H,24,27)(H,28,29)/b10-7+. The van der Waals surface area contributed by atoms with Crippen LogP contribution < -0.4 is 5.32 Å². The van der Waals surface area contributed by atoms with Gasteiger partial charge in [-0.15, -0.1) is 10.3 Å². The smallest absolute Gasteiger partial charge is 0.339 e. The maximum atomic E-state index is 12.4. The SMILES string of the molecule is CC1(C)CC(NC(=O)/C=C/c2ccc(-c3ccc(O)c(C(=O)O)c3)o2)CC(C)(C)N1[O]. The maximum absolute atomic E-state index is 12.4. The van der Waals surface area contributed by atoms with E-state index >= 15 is 0 Å². The Bertz CT molecular complexity index is 1000. The molecule has 3 rings (SSSR count). The lowest BCUT2D eigenvalue weighted by atomic mass is 9.79. The van der Waals surface area contributed by atoms with Crippen LogP contribution in [0.4, 0.5) is 0 Å². The van der Waals surface area contributed by atoms with Crippen LogP contribution in [0.5, 0.6) is 5.75 Å². The molecule has 1 radical (unpaired) electrons. The van der Waals surface area contributed by atoms with Gasteiger partial charge in [0.05, 0.1) is 0 Å². The van der Waals surface area contributed by atoms with Gasteiger partial charge in [-0.1, -0.05) is 0 Å². The van der Waals surface area contributed by atoms with Crippen molar-refractivity contribution in [2.45, 2.75) is 57.7 Å². The van der Waals surface area contributed by atoms with E-state index in [1.54, 1.807) is 18.2 Å². The molecule has 1 aliphatic heterocycles. The zero-order chi connectivity index (χ0) is 23.0. The predicted octanol–water partition coefficient (Wildman–Crippen LogP) is 3.85. The van der Waals surface area contributed by atoms with Crippen LogP contribution in [-0.4, -0.2) is 44.3 Å². The Labute approximate surface area is 180 Å². The summed E-state index contributed by atoms with van der Waals surface area (Å²) in [6.07, 6.45) is 4.00. The number of aromatic carboxylic acids is 1. The lowest BCUT2D eigenvalue weighted by Crippen LogP contribution is -2.62. The second-order valence-corrected chi connectivity index (χ2v) is 9.11. The highest BCUT2D eigenvalue weighted by atomic mass is 16.5. The zero-order valence-electron chi connectivity index (χ0n) is 18.0. The first-order valence-electron chi connectivity index (χ1n) is 10.0. The number of hydrogen-bond donors (Lipinski definition) is 3. The number of nitrogens with one attached hydrogen (secondary N) is 1. The topological polar surface area (TPSA) is 123 Å². The lowest BCUT2D eigenvalue weighted by molar-refractivity contribution is -0.289. The van der Waals surface area contributed by atoms with E-state index in [-0.39, 0.29) is 23.3 Å². The summed E-state index contributed by atoms with van der Waals surface area (Å²) in [5.74, 6) is -1.02. The fourth-order valence-electron chi connectivity index (χ4n) is 4.23. The fraction of sp³-hybridized carbons (Fsp3) is 0.391. The molecular formula is C23H27N2O6. The van der Waals surface area contributed by atoms with Gasteiger partial charge in [0.1, 0.15) is 22.8 Å². The highest BCUT2D eigenvalue weighted by Gasteiger charge is 2.46. The molecule has 1 saturated heterocycles. The molecule has 165 valence electrons. The average molecular weight is 427 g/mol. The van der Waals surface area contributed by atoms with Crippen molar-refractivity contribution in [1.29, 1.82) is 0 Å². The monoisotopic (exact) mass is 427 g/mol. The normalized spacial score (nSPS) is 18.9. The van der Waals surface area contributed by atoms with Gasteiger partial charge >= 0.3 is 5.97 Å². The number of nitrogens with zero attached hydrogens (tertiary/aromatic N) is 1.